The highest BCUT2D eigenvalue weighted by Gasteiger charge is 2.14. The number of hydrogen-bond acceptors (Lipinski definition) is 4. The number of nitrogens with zero attached hydrogens (tertiary/aromatic N) is 1. The highest BCUT2D eigenvalue weighted by Crippen LogP contribution is 2.27. The van der Waals surface area contributed by atoms with Crippen LogP contribution in [0.3, 0.4) is 0 Å². The monoisotopic (exact) mass is 371 g/mol. The summed E-state index contributed by atoms with van der Waals surface area (Å²) in [6.07, 6.45) is 0.712. The van der Waals surface area contributed by atoms with Gasteiger partial charge in [0.25, 0.3) is 0 Å². The van der Waals surface area contributed by atoms with Gasteiger partial charge in [0, 0.05) is 13.1 Å². The molecule has 0 saturated carbocycles. The maximum Gasteiger partial charge on any atom is 0.314 e. The Morgan fingerprint density at radius 3 is 2.33 bits per heavy atom. The van der Waals surface area contributed by atoms with Crippen molar-refractivity contribution in [1.29, 1.82) is 0 Å². The number of hydrogen-bond donors (Lipinski definition) is 2. The van der Waals surface area contributed by atoms with Gasteiger partial charge in [0.1, 0.15) is 0 Å². The van der Waals surface area contributed by atoms with Crippen LogP contribution in [0.25, 0.3) is 0 Å². The first kappa shape index (κ1) is 20.6. The van der Waals surface area contributed by atoms with Crippen LogP contribution in [-0.2, 0) is 6.42 Å². The van der Waals surface area contributed by atoms with Crippen LogP contribution in [0.2, 0.25) is 0 Å². The molecule has 0 aromatic heterocycles. The lowest BCUT2D eigenvalue weighted by Crippen LogP contribution is -2.41. The molecular weight excluding hydrogens is 342 g/mol. The average Bonchev–Trinajstić information content (AvgIpc) is 2.68. The average molecular weight is 371 g/mol. The predicted molar refractivity (Wildman–Crippen MR) is 108 cm³/mol. The lowest BCUT2D eigenvalue weighted by atomic mass is 10.1. The summed E-state index contributed by atoms with van der Waals surface area (Å²) in [6.45, 7) is 1.08. The second-order valence-corrected chi connectivity index (χ2v) is 6.47. The molecule has 2 aromatic rings. The van der Waals surface area contributed by atoms with Crippen LogP contribution in [0, 0.1) is 0 Å². The van der Waals surface area contributed by atoms with E-state index in [9.17, 15) is 4.79 Å². The molecule has 2 rings (SSSR count). The zero-order valence-electron chi connectivity index (χ0n) is 16.5. The number of ether oxygens (including phenoxy) is 2. The highest BCUT2D eigenvalue weighted by molar-refractivity contribution is 5.73. The van der Waals surface area contributed by atoms with E-state index in [0.29, 0.717) is 31.0 Å². The van der Waals surface area contributed by atoms with Crippen molar-refractivity contribution in [1.82, 2.24) is 15.5 Å². The maximum absolute atomic E-state index is 12.1. The van der Waals surface area contributed by atoms with Crippen molar-refractivity contribution >= 4 is 6.03 Å². The molecule has 6 heteroatoms. The minimum Gasteiger partial charge on any atom is -0.493 e. The van der Waals surface area contributed by atoms with Crippen LogP contribution in [0.5, 0.6) is 11.5 Å². The standard InChI is InChI=1S/C21H29N3O3/c1-24(2)18(17-8-6-5-7-9-17)15-23-21(25)22-13-12-16-10-11-19(26-3)20(14-16)27-4/h5-11,14,18H,12-13,15H2,1-4H3,(H2,22,23,25). The van der Waals surface area contributed by atoms with Crippen molar-refractivity contribution in [3.05, 3.63) is 59.7 Å². The SMILES string of the molecule is COc1ccc(CCNC(=O)NCC(c2ccccc2)N(C)C)cc1OC. The van der Waals surface area contributed by atoms with E-state index < -0.39 is 0 Å². The van der Waals surface area contributed by atoms with Crippen LogP contribution >= 0.6 is 0 Å². The minimum absolute atomic E-state index is 0.128. The summed E-state index contributed by atoms with van der Waals surface area (Å²) < 4.78 is 10.5. The zero-order valence-corrected chi connectivity index (χ0v) is 16.5. The quantitative estimate of drug-likeness (QED) is 0.712. The Kier molecular flexibility index (Phi) is 7.95. The Balaban J connectivity index is 1.80. The van der Waals surface area contributed by atoms with Crippen molar-refractivity contribution < 1.29 is 14.3 Å². The first-order valence-corrected chi connectivity index (χ1v) is 8.99. The molecule has 0 heterocycles. The summed E-state index contributed by atoms with van der Waals surface area (Å²) >= 11 is 0. The molecule has 0 aliphatic rings. The third kappa shape index (κ3) is 6.18. The van der Waals surface area contributed by atoms with Gasteiger partial charge in [-0.25, -0.2) is 4.79 Å². The van der Waals surface area contributed by atoms with Gasteiger partial charge in [-0.2, -0.15) is 0 Å². The Morgan fingerprint density at radius 2 is 1.70 bits per heavy atom. The van der Waals surface area contributed by atoms with Crippen LogP contribution in [0.15, 0.2) is 48.5 Å². The Labute approximate surface area is 161 Å². The van der Waals surface area contributed by atoms with E-state index in [-0.39, 0.29) is 12.1 Å². The first-order chi connectivity index (χ1) is 13.0. The van der Waals surface area contributed by atoms with E-state index in [2.05, 4.69) is 27.7 Å². The molecule has 27 heavy (non-hydrogen) atoms. The van der Waals surface area contributed by atoms with Gasteiger partial charge in [-0.15, -0.1) is 0 Å². The topological polar surface area (TPSA) is 62.8 Å². The molecular formula is C21H29N3O3. The molecule has 0 saturated heterocycles. The van der Waals surface area contributed by atoms with E-state index in [1.807, 2.05) is 50.5 Å². The summed E-state index contributed by atoms with van der Waals surface area (Å²) in [5, 5.41) is 5.86. The number of methoxy groups -OCH3 is 2. The van der Waals surface area contributed by atoms with Gasteiger partial charge in [-0.1, -0.05) is 36.4 Å². The normalized spacial score (nSPS) is 11.7. The summed E-state index contributed by atoms with van der Waals surface area (Å²) in [4.78, 5) is 14.2. The zero-order chi connectivity index (χ0) is 19.6. The van der Waals surface area contributed by atoms with Gasteiger partial charge >= 0.3 is 6.03 Å². The van der Waals surface area contributed by atoms with E-state index in [1.165, 1.54) is 5.56 Å². The molecule has 2 N–H and O–H groups in total. The molecule has 2 amide bonds. The van der Waals surface area contributed by atoms with Gasteiger partial charge in [0.2, 0.25) is 0 Å². The molecule has 2 aromatic carbocycles. The van der Waals surface area contributed by atoms with Crippen LogP contribution in [0.1, 0.15) is 17.2 Å². The van der Waals surface area contributed by atoms with Crippen molar-refractivity contribution in [2.24, 2.45) is 0 Å². The fraction of sp³-hybridized carbons (Fsp3) is 0.381. The lowest BCUT2D eigenvalue weighted by Gasteiger charge is -2.25. The number of benzene rings is 2. The van der Waals surface area contributed by atoms with Gasteiger partial charge in [0.05, 0.1) is 20.3 Å². The Hall–Kier alpha value is -2.73. The largest absolute Gasteiger partial charge is 0.493 e. The van der Waals surface area contributed by atoms with Gasteiger partial charge in [-0.3, -0.25) is 0 Å². The number of carbonyl (C=O) groups excluding carboxylic acids is 1. The van der Waals surface area contributed by atoms with E-state index in [4.69, 9.17) is 9.47 Å². The molecule has 0 radical (unpaired) electrons. The Morgan fingerprint density at radius 1 is 1.00 bits per heavy atom. The van der Waals surface area contributed by atoms with Crippen LogP contribution in [-0.4, -0.2) is 52.3 Å². The minimum atomic E-state index is -0.168. The number of urea groups is 1. The second kappa shape index (κ2) is 10.4. The molecule has 0 bridgehead atoms. The smallest absolute Gasteiger partial charge is 0.314 e. The molecule has 0 aliphatic heterocycles. The van der Waals surface area contributed by atoms with Gasteiger partial charge in [-0.05, 0) is 43.8 Å². The van der Waals surface area contributed by atoms with E-state index in [1.54, 1.807) is 14.2 Å². The first-order valence-electron chi connectivity index (χ1n) is 8.99. The van der Waals surface area contributed by atoms with Crippen molar-refractivity contribution in [2.45, 2.75) is 12.5 Å². The van der Waals surface area contributed by atoms with Crippen molar-refractivity contribution in [3.8, 4) is 11.5 Å². The fourth-order valence-corrected chi connectivity index (χ4v) is 2.88. The van der Waals surface area contributed by atoms with Crippen LogP contribution in [0.4, 0.5) is 4.79 Å². The number of rotatable bonds is 9. The second-order valence-electron chi connectivity index (χ2n) is 6.47. The number of nitrogens with one attached hydrogen (secondary N) is 2. The fourth-order valence-electron chi connectivity index (χ4n) is 2.88. The third-order valence-corrected chi connectivity index (χ3v) is 4.41. The summed E-state index contributed by atoms with van der Waals surface area (Å²) in [5.74, 6) is 1.39. The molecule has 146 valence electrons. The van der Waals surface area contributed by atoms with Crippen molar-refractivity contribution in [3.63, 3.8) is 0 Å². The number of likely N-dealkylation sites (N-methyl/N-ethyl adjacent to an activating group) is 1. The molecule has 0 spiro atoms. The predicted octanol–water partition coefficient (Wildman–Crippen LogP) is 2.85. The highest BCUT2D eigenvalue weighted by atomic mass is 16.5. The molecule has 0 fully saturated rings. The summed E-state index contributed by atoms with van der Waals surface area (Å²) in [7, 11) is 7.24. The lowest BCUT2D eigenvalue weighted by molar-refractivity contribution is 0.233. The molecule has 0 aliphatic carbocycles. The molecule has 1 atom stereocenters. The number of amides is 2. The third-order valence-electron chi connectivity index (χ3n) is 4.41. The van der Waals surface area contributed by atoms with E-state index in [0.717, 1.165) is 5.56 Å². The Bertz CT molecular complexity index is 720. The van der Waals surface area contributed by atoms with Gasteiger partial charge in [0.15, 0.2) is 11.5 Å². The van der Waals surface area contributed by atoms with Crippen molar-refractivity contribution in [2.75, 3.05) is 41.4 Å². The number of carbonyl (C=O) groups is 1. The van der Waals surface area contributed by atoms with E-state index >= 15 is 0 Å². The summed E-state index contributed by atoms with van der Waals surface area (Å²) in [6, 6.07) is 15.9. The van der Waals surface area contributed by atoms with Gasteiger partial charge < -0.3 is 25.0 Å². The van der Waals surface area contributed by atoms with Crippen LogP contribution < -0.4 is 20.1 Å². The maximum atomic E-state index is 12.1. The molecule has 1 unspecified atom stereocenters. The summed E-state index contributed by atoms with van der Waals surface area (Å²) in [5.41, 5.74) is 2.25. The molecule has 6 nitrogen and oxygen atoms in total.